The topological polar surface area (TPSA) is 70.5 Å². The van der Waals surface area contributed by atoms with Gasteiger partial charge in [-0.2, -0.15) is 0 Å². The number of carboxylic acid groups (broad SMARTS) is 1. The van der Waals surface area contributed by atoms with E-state index < -0.39 is 5.97 Å². The largest absolute Gasteiger partial charge is 0.481 e. The Morgan fingerprint density at radius 1 is 1.42 bits per heavy atom. The number of aliphatic carboxylic acids is 1. The minimum atomic E-state index is -0.860. The lowest BCUT2D eigenvalue weighted by Crippen LogP contribution is -2.28. The summed E-state index contributed by atoms with van der Waals surface area (Å²) in [6.07, 6.45) is 1.18. The van der Waals surface area contributed by atoms with Crippen LogP contribution in [0.4, 0.5) is 0 Å². The number of rotatable bonds is 6. The molecule has 1 N–H and O–H groups in total. The molecule has 0 unspecified atom stereocenters. The monoisotopic (exact) mass is 284 g/mol. The Morgan fingerprint density at radius 3 is 2.68 bits per heavy atom. The summed E-state index contributed by atoms with van der Waals surface area (Å²) < 4.78 is 0. The van der Waals surface area contributed by atoms with Gasteiger partial charge >= 0.3 is 5.97 Å². The summed E-state index contributed by atoms with van der Waals surface area (Å²) in [5.41, 5.74) is 1.24. The Bertz CT molecular complexity index is 477. The van der Waals surface area contributed by atoms with Crippen molar-refractivity contribution in [2.45, 2.75) is 26.2 Å². The second-order valence-electron chi connectivity index (χ2n) is 4.25. The molecule has 0 aliphatic carbocycles. The summed E-state index contributed by atoms with van der Waals surface area (Å²) in [5, 5.41) is 8.85. The highest BCUT2D eigenvalue weighted by molar-refractivity contribution is 6.29. The predicted octanol–water partition coefficient (Wildman–Crippen LogP) is 2.23. The molecule has 1 aromatic rings. The molecule has 0 aromatic carbocycles. The Balaban J connectivity index is 2.70. The molecule has 1 rings (SSSR count). The van der Waals surface area contributed by atoms with Crippen molar-refractivity contribution in [3.63, 3.8) is 0 Å². The van der Waals surface area contributed by atoms with E-state index in [1.54, 1.807) is 13.1 Å². The van der Waals surface area contributed by atoms with Gasteiger partial charge in [0.05, 0.1) is 0 Å². The third-order valence-electron chi connectivity index (χ3n) is 2.69. The molecule has 19 heavy (non-hydrogen) atoms. The summed E-state index contributed by atoms with van der Waals surface area (Å²) in [6, 6.07) is 3.23. The van der Waals surface area contributed by atoms with Crippen molar-refractivity contribution in [1.29, 1.82) is 0 Å². The van der Waals surface area contributed by atoms with Crippen LogP contribution >= 0.6 is 11.6 Å². The maximum atomic E-state index is 12.1. The van der Waals surface area contributed by atoms with Gasteiger partial charge in [0, 0.05) is 31.3 Å². The van der Waals surface area contributed by atoms with Gasteiger partial charge in [-0.05, 0) is 25.0 Å². The van der Waals surface area contributed by atoms with Gasteiger partial charge in [-0.15, -0.1) is 0 Å². The number of carbonyl (C=O) groups excluding carboxylic acids is 1. The Kier molecular flexibility index (Phi) is 5.76. The van der Waals surface area contributed by atoms with Crippen LogP contribution in [-0.4, -0.2) is 40.5 Å². The normalized spacial score (nSPS) is 10.3. The van der Waals surface area contributed by atoms with Crippen LogP contribution in [0.25, 0.3) is 0 Å². The molecular weight excluding hydrogens is 268 g/mol. The number of halogens is 1. The van der Waals surface area contributed by atoms with Gasteiger partial charge in [0.15, 0.2) is 0 Å². The number of hydrogen-bond donors (Lipinski definition) is 1. The van der Waals surface area contributed by atoms with Crippen molar-refractivity contribution in [3.8, 4) is 0 Å². The Morgan fingerprint density at radius 2 is 2.11 bits per heavy atom. The van der Waals surface area contributed by atoms with Gasteiger partial charge in [0.1, 0.15) is 5.15 Å². The van der Waals surface area contributed by atoms with Crippen molar-refractivity contribution in [2.24, 2.45) is 0 Å². The third-order valence-corrected chi connectivity index (χ3v) is 2.88. The van der Waals surface area contributed by atoms with Crippen LogP contribution in [0.1, 0.15) is 35.8 Å². The second kappa shape index (κ2) is 7.09. The molecule has 0 aliphatic rings. The number of carbonyl (C=O) groups is 2. The fourth-order valence-electron chi connectivity index (χ4n) is 1.65. The van der Waals surface area contributed by atoms with Crippen molar-refractivity contribution < 1.29 is 14.7 Å². The number of aryl methyl sites for hydroxylation is 1. The lowest BCUT2D eigenvalue weighted by atomic mass is 10.1. The van der Waals surface area contributed by atoms with E-state index in [9.17, 15) is 9.59 Å². The van der Waals surface area contributed by atoms with E-state index >= 15 is 0 Å². The van der Waals surface area contributed by atoms with E-state index in [1.165, 1.54) is 11.0 Å². The lowest BCUT2D eigenvalue weighted by molar-refractivity contribution is -0.137. The zero-order valence-corrected chi connectivity index (χ0v) is 11.8. The SMILES string of the molecule is CCc1cc(C(=O)N(C)CCCC(=O)O)cc(Cl)n1. The number of carboxylic acids is 1. The molecule has 1 aromatic heterocycles. The molecule has 1 heterocycles. The smallest absolute Gasteiger partial charge is 0.303 e. The van der Waals surface area contributed by atoms with Gasteiger partial charge in [-0.3, -0.25) is 9.59 Å². The first kappa shape index (κ1) is 15.4. The molecular formula is C13H17ClN2O3. The minimum Gasteiger partial charge on any atom is -0.481 e. The molecule has 0 aliphatic heterocycles. The van der Waals surface area contributed by atoms with Crippen molar-refractivity contribution in [2.75, 3.05) is 13.6 Å². The first-order valence-electron chi connectivity index (χ1n) is 6.07. The van der Waals surface area contributed by atoms with Crippen LogP contribution in [0.3, 0.4) is 0 Å². The molecule has 104 valence electrons. The maximum absolute atomic E-state index is 12.1. The molecule has 0 fully saturated rings. The molecule has 0 saturated carbocycles. The van der Waals surface area contributed by atoms with Crippen molar-refractivity contribution >= 4 is 23.5 Å². The number of pyridine rings is 1. The second-order valence-corrected chi connectivity index (χ2v) is 4.63. The molecule has 0 atom stereocenters. The summed E-state index contributed by atoms with van der Waals surface area (Å²) in [7, 11) is 1.64. The van der Waals surface area contributed by atoms with E-state index in [0.717, 1.165) is 5.69 Å². The van der Waals surface area contributed by atoms with Gasteiger partial charge in [-0.1, -0.05) is 18.5 Å². The fourth-order valence-corrected chi connectivity index (χ4v) is 1.87. The van der Waals surface area contributed by atoms with E-state index in [4.69, 9.17) is 16.7 Å². The maximum Gasteiger partial charge on any atom is 0.303 e. The number of aromatic nitrogens is 1. The molecule has 0 spiro atoms. The van der Waals surface area contributed by atoms with Crippen LogP contribution in [0.15, 0.2) is 12.1 Å². The van der Waals surface area contributed by atoms with Crippen LogP contribution < -0.4 is 0 Å². The Hall–Kier alpha value is -1.62. The van der Waals surface area contributed by atoms with Gasteiger partial charge < -0.3 is 10.0 Å². The highest BCUT2D eigenvalue weighted by Crippen LogP contribution is 2.13. The first-order chi connectivity index (χ1) is 8.93. The predicted molar refractivity (Wildman–Crippen MR) is 72.5 cm³/mol. The highest BCUT2D eigenvalue weighted by Gasteiger charge is 2.13. The molecule has 0 saturated heterocycles. The average Bonchev–Trinajstić information content (AvgIpc) is 2.36. The highest BCUT2D eigenvalue weighted by atomic mass is 35.5. The van der Waals surface area contributed by atoms with Crippen LogP contribution in [0.5, 0.6) is 0 Å². The fraction of sp³-hybridized carbons (Fsp3) is 0.462. The molecule has 0 bridgehead atoms. The van der Waals surface area contributed by atoms with E-state index in [0.29, 0.717) is 30.1 Å². The number of amides is 1. The van der Waals surface area contributed by atoms with Gasteiger partial charge in [0.2, 0.25) is 0 Å². The molecule has 1 amide bonds. The zero-order chi connectivity index (χ0) is 14.4. The summed E-state index contributed by atoms with van der Waals surface area (Å²) in [5.74, 6) is -1.04. The van der Waals surface area contributed by atoms with Crippen molar-refractivity contribution in [3.05, 3.63) is 28.5 Å². The minimum absolute atomic E-state index is 0.0505. The van der Waals surface area contributed by atoms with E-state index in [-0.39, 0.29) is 12.3 Å². The van der Waals surface area contributed by atoms with Crippen LogP contribution in [0.2, 0.25) is 5.15 Å². The summed E-state index contributed by atoms with van der Waals surface area (Å²) in [4.78, 5) is 28.1. The number of nitrogens with zero attached hydrogens (tertiary/aromatic N) is 2. The Labute approximate surface area is 117 Å². The summed E-state index contributed by atoms with van der Waals surface area (Å²) >= 11 is 5.86. The van der Waals surface area contributed by atoms with Crippen LogP contribution in [0, 0.1) is 0 Å². The lowest BCUT2D eigenvalue weighted by Gasteiger charge is -2.17. The van der Waals surface area contributed by atoms with Gasteiger partial charge in [0.25, 0.3) is 5.91 Å². The van der Waals surface area contributed by atoms with E-state index in [2.05, 4.69) is 4.98 Å². The standard InChI is InChI=1S/C13H17ClN2O3/c1-3-10-7-9(8-11(14)15-10)13(19)16(2)6-4-5-12(17)18/h7-8H,3-6H2,1-2H3,(H,17,18). The average molecular weight is 285 g/mol. The van der Waals surface area contributed by atoms with Crippen LogP contribution in [-0.2, 0) is 11.2 Å². The molecule has 5 nitrogen and oxygen atoms in total. The first-order valence-corrected chi connectivity index (χ1v) is 6.45. The number of hydrogen-bond acceptors (Lipinski definition) is 3. The molecule has 6 heteroatoms. The van der Waals surface area contributed by atoms with Gasteiger partial charge in [-0.25, -0.2) is 4.98 Å². The molecule has 0 radical (unpaired) electrons. The quantitative estimate of drug-likeness (QED) is 0.813. The third kappa shape index (κ3) is 4.87. The van der Waals surface area contributed by atoms with Crippen molar-refractivity contribution in [1.82, 2.24) is 9.88 Å². The summed E-state index contributed by atoms with van der Waals surface area (Å²) in [6.45, 7) is 2.33. The zero-order valence-electron chi connectivity index (χ0n) is 11.0. The van der Waals surface area contributed by atoms with E-state index in [1.807, 2.05) is 6.92 Å².